The summed E-state index contributed by atoms with van der Waals surface area (Å²) in [5.74, 6) is 0. The maximum atomic E-state index is 5.90. The van der Waals surface area contributed by atoms with Crippen LogP contribution in [0.3, 0.4) is 0 Å². The predicted octanol–water partition coefficient (Wildman–Crippen LogP) is 4.32. The highest BCUT2D eigenvalue weighted by molar-refractivity contribution is 9.10. The molecule has 0 aliphatic heterocycles. The molecule has 11 heavy (non-hydrogen) atoms. The third-order valence-corrected chi connectivity index (χ3v) is 3.57. The minimum absolute atomic E-state index is 0.774. The van der Waals surface area contributed by atoms with E-state index in [1.165, 1.54) is 10.1 Å². The zero-order valence-corrected chi connectivity index (χ0v) is 8.63. The molecule has 1 aromatic heterocycles. The first-order valence-corrected chi connectivity index (χ1v) is 5.15. The first-order chi connectivity index (χ1) is 5.27. The summed E-state index contributed by atoms with van der Waals surface area (Å²) in [6.45, 7) is 0. The van der Waals surface area contributed by atoms with Crippen molar-refractivity contribution in [1.82, 2.24) is 0 Å². The summed E-state index contributed by atoms with van der Waals surface area (Å²) in [6, 6.07) is 6.08. The lowest BCUT2D eigenvalue weighted by Crippen LogP contribution is -1.67. The number of benzene rings is 1. The Morgan fingerprint density at radius 1 is 1.36 bits per heavy atom. The van der Waals surface area contributed by atoms with Gasteiger partial charge in [0.25, 0.3) is 0 Å². The van der Waals surface area contributed by atoms with Crippen LogP contribution < -0.4 is 0 Å². The Morgan fingerprint density at radius 3 is 3.00 bits per heavy atom. The third kappa shape index (κ3) is 1.31. The molecule has 0 nitrogen and oxygen atoms in total. The summed E-state index contributed by atoms with van der Waals surface area (Å²) in [7, 11) is 0. The van der Waals surface area contributed by atoms with Crippen molar-refractivity contribution >= 4 is 49.0 Å². The zero-order chi connectivity index (χ0) is 7.84. The number of halogens is 2. The average molecular weight is 248 g/mol. The van der Waals surface area contributed by atoms with E-state index in [0.29, 0.717) is 0 Å². The number of rotatable bonds is 0. The molecule has 0 radical (unpaired) electrons. The predicted molar refractivity (Wildman–Crippen MR) is 54.5 cm³/mol. The first-order valence-electron chi connectivity index (χ1n) is 3.09. The van der Waals surface area contributed by atoms with E-state index in [0.717, 1.165) is 9.50 Å². The molecule has 1 aromatic carbocycles. The van der Waals surface area contributed by atoms with Crippen LogP contribution in [0.5, 0.6) is 0 Å². The molecule has 3 heteroatoms. The monoisotopic (exact) mass is 246 g/mol. The Bertz CT molecular complexity index is 358. The highest BCUT2D eigenvalue weighted by atomic mass is 79.9. The molecule has 0 unspecified atom stereocenters. The lowest BCUT2D eigenvalue weighted by molar-refractivity contribution is 1.76. The van der Waals surface area contributed by atoms with Gasteiger partial charge in [-0.15, -0.1) is 11.3 Å². The molecular formula is C8H4BrClS. The van der Waals surface area contributed by atoms with Gasteiger partial charge in [0.2, 0.25) is 0 Å². The van der Waals surface area contributed by atoms with Crippen LogP contribution in [0.15, 0.2) is 28.1 Å². The molecule has 0 saturated carbocycles. The summed E-state index contributed by atoms with van der Waals surface area (Å²) in [5, 5.41) is 4.05. The zero-order valence-electron chi connectivity index (χ0n) is 5.47. The second kappa shape index (κ2) is 2.77. The van der Waals surface area contributed by atoms with Gasteiger partial charge in [-0.1, -0.05) is 11.6 Å². The van der Waals surface area contributed by atoms with Crippen molar-refractivity contribution in [1.29, 1.82) is 0 Å². The van der Waals surface area contributed by atoms with Crippen molar-refractivity contribution in [2.24, 2.45) is 0 Å². The van der Waals surface area contributed by atoms with Gasteiger partial charge in [-0.3, -0.25) is 0 Å². The Labute approximate surface area is 81.9 Å². The number of thiophene rings is 1. The van der Waals surface area contributed by atoms with E-state index in [2.05, 4.69) is 27.4 Å². The smallest absolute Gasteiger partial charge is 0.0555 e. The van der Waals surface area contributed by atoms with Gasteiger partial charge in [0.1, 0.15) is 0 Å². The fourth-order valence-electron chi connectivity index (χ4n) is 0.957. The molecule has 0 spiro atoms. The van der Waals surface area contributed by atoms with Crippen LogP contribution in [0.1, 0.15) is 0 Å². The van der Waals surface area contributed by atoms with E-state index >= 15 is 0 Å². The van der Waals surface area contributed by atoms with Crippen LogP contribution in [0.2, 0.25) is 5.02 Å². The molecule has 0 bridgehead atoms. The summed E-state index contributed by atoms with van der Waals surface area (Å²) in [5.41, 5.74) is 0. The Kier molecular flexibility index (Phi) is 1.91. The van der Waals surface area contributed by atoms with E-state index in [4.69, 9.17) is 11.6 Å². The van der Waals surface area contributed by atoms with Gasteiger partial charge >= 0.3 is 0 Å². The van der Waals surface area contributed by atoms with Crippen molar-refractivity contribution in [2.75, 3.05) is 0 Å². The molecule has 2 aromatic rings. The largest absolute Gasteiger partial charge is 0.144 e. The van der Waals surface area contributed by atoms with Gasteiger partial charge in [0.05, 0.1) is 5.02 Å². The Hall–Kier alpha value is -0.0500. The SMILES string of the molecule is Clc1cc2ccsc2cc1Br. The van der Waals surface area contributed by atoms with E-state index in [-0.39, 0.29) is 0 Å². The standard InChI is InChI=1S/C8H4BrClS/c9-6-4-8-5(1-2-11-8)3-7(6)10/h1-4H. The molecule has 0 aliphatic rings. The lowest BCUT2D eigenvalue weighted by atomic mass is 10.3. The van der Waals surface area contributed by atoms with Crippen molar-refractivity contribution < 1.29 is 0 Å². The summed E-state index contributed by atoms with van der Waals surface area (Å²) >= 11 is 11.0. The van der Waals surface area contributed by atoms with E-state index in [1.54, 1.807) is 11.3 Å². The fraction of sp³-hybridized carbons (Fsp3) is 0. The Morgan fingerprint density at radius 2 is 2.18 bits per heavy atom. The van der Waals surface area contributed by atoms with Crippen LogP contribution in [-0.2, 0) is 0 Å². The average Bonchev–Trinajstić information content (AvgIpc) is 2.36. The van der Waals surface area contributed by atoms with Crippen molar-refractivity contribution in [3.63, 3.8) is 0 Å². The van der Waals surface area contributed by atoms with Crippen LogP contribution in [0.4, 0.5) is 0 Å². The fourth-order valence-corrected chi connectivity index (χ4v) is 2.43. The van der Waals surface area contributed by atoms with Crippen molar-refractivity contribution in [3.05, 3.63) is 33.1 Å². The molecule has 2 rings (SSSR count). The molecular weight excluding hydrogens is 244 g/mol. The lowest BCUT2D eigenvalue weighted by Gasteiger charge is -1.94. The molecule has 1 heterocycles. The minimum atomic E-state index is 0.774. The van der Waals surface area contributed by atoms with Gasteiger partial charge in [-0.05, 0) is 44.9 Å². The third-order valence-electron chi connectivity index (χ3n) is 1.50. The van der Waals surface area contributed by atoms with Crippen LogP contribution >= 0.6 is 38.9 Å². The second-order valence-electron chi connectivity index (χ2n) is 2.22. The van der Waals surface area contributed by atoms with Crippen LogP contribution in [0, 0.1) is 0 Å². The number of hydrogen-bond acceptors (Lipinski definition) is 1. The molecule has 0 amide bonds. The van der Waals surface area contributed by atoms with E-state index < -0.39 is 0 Å². The summed E-state index contributed by atoms with van der Waals surface area (Å²) in [4.78, 5) is 0. The molecule has 0 atom stereocenters. The van der Waals surface area contributed by atoms with Crippen LogP contribution in [-0.4, -0.2) is 0 Å². The number of hydrogen-bond donors (Lipinski definition) is 0. The van der Waals surface area contributed by atoms with Gasteiger partial charge in [-0.2, -0.15) is 0 Å². The highest BCUT2D eigenvalue weighted by Gasteiger charge is 1.99. The van der Waals surface area contributed by atoms with Crippen molar-refractivity contribution in [3.8, 4) is 0 Å². The molecule has 0 saturated heterocycles. The highest BCUT2D eigenvalue weighted by Crippen LogP contribution is 2.30. The summed E-state index contributed by atoms with van der Waals surface area (Å²) < 4.78 is 2.23. The van der Waals surface area contributed by atoms with Crippen molar-refractivity contribution in [2.45, 2.75) is 0 Å². The Balaban J connectivity index is 2.86. The topological polar surface area (TPSA) is 0 Å². The maximum absolute atomic E-state index is 5.90. The maximum Gasteiger partial charge on any atom is 0.0555 e. The van der Waals surface area contributed by atoms with Crippen LogP contribution in [0.25, 0.3) is 10.1 Å². The number of fused-ring (bicyclic) bond motifs is 1. The molecule has 0 aliphatic carbocycles. The molecule has 0 N–H and O–H groups in total. The quantitative estimate of drug-likeness (QED) is 0.650. The molecule has 56 valence electrons. The van der Waals surface area contributed by atoms with E-state index in [9.17, 15) is 0 Å². The molecule has 0 fully saturated rings. The van der Waals surface area contributed by atoms with Gasteiger partial charge in [0, 0.05) is 9.17 Å². The van der Waals surface area contributed by atoms with Gasteiger partial charge in [0.15, 0.2) is 0 Å². The minimum Gasteiger partial charge on any atom is -0.144 e. The first kappa shape index (κ1) is 7.59. The second-order valence-corrected chi connectivity index (χ2v) is 4.43. The normalized spacial score (nSPS) is 10.7. The van der Waals surface area contributed by atoms with E-state index in [1.807, 2.05) is 12.1 Å². The van der Waals surface area contributed by atoms with Gasteiger partial charge < -0.3 is 0 Å². The summed E-state index contributed by atoms with van der Waals surface area (Å²) in [6.07, 6.45) is 0. The van der Waals surface area contributed by atoms with Gasteiger partial charge in [-0.25, -0.2) is 0 Å².